The number of amides is 2. The van der Waals surface area contributed by atoms with E-state index in [4.69, 9.17) is 5.11 Å². The van der Waals surface area contributed by atoms with E-state index in [-0.39, 0.29) is 24.4 Å². The Labute approximate surface area is 112 Å². The lowest BCUT2D eigenvalue weighted by Gasteiger charge is -2.31. The Bertz CT molecular complexity index is 392. The van der Waals surface area contributed by atoms with E-state index in [9.17, 15) is 14.4 Å². The van der Waals surface area contributed by atoms with Crippen LogP contribution in [0.25, 0.3) is 0 Å². The summed E-state index contributed by atoms with van der Waals surface area (Å²) < 4.78 is 0. The summed E-state index contributed by atoms with van der Waals surface area (Å²) in [6.45, 7) is 2.15. The number of nitrogens with zero attached hydrogens (tertiary/aromatic N) is 2. The number of hydrogen-bond donors (Lipinski definition) is 1. The molecule has 1 saturated carbocycles. The van der Waals surface area contributed by atoms with Crippen LogP contribution < -0.4 is 0 Å². The van der Waals surface area contributed by atoms with Crippen LogP contribution in [0.2, 0.25) is 0 Å². The van der Waals surface area contributed by atoms with E-state index in [0.717, 1.165) is 25.7 Å². The van der Waals surface area contributed by atoms with Crippen molar-refractivity contribution in [3.63, 3.8) is 0 Å². The predicted molar refractivity (Wildman–Crippen MR) is 67.4 cm³/mol. The minimum Gasteiger partial charge on any atom is -0.480 e. The maximum absolute atomic E-state index is 12.3. The van der Waals surface area contributed by atoms with Crippen molar-refractivity contribution < 1.29 is 19.5 Å². The van der Waals surface area contributed by atoms with E-state index in [2.05, 4.69) is 0 Å². The Morgan fingerprint density at radius 2 is 2.11 bits per heavy atom. The molecule has 6 nitrogen and oxygen atoms in total. The Morgan fingerprint density at radius 3 is 2.63 bits per heavy atom. The van der Waals surface area contributed by atoms with Gasteiger partial charge in [0.2, 0.25) is 11.8 Å². The Hall–Kier alpha value is -1.59. The quantitative estimate of drug-likeness (QED) is 0.786. The monoisotopic (exact) mass is 268 g/mol. The van der Waals surface area contributed by atoms with Crippen molar-refractivity contribution in [2.24, 2.45) is 0 Å². The summed E-state index contributed by atoms with van der Waals surface area (Å²) in [4.78, 5) is 38.0. The molecule has 1 atom stereocenters. The molecule has 2 fully saturated rings. The number of carbonyl (C=O) groups excluding carboxylic acids is 2. The van der Waals surface area contributed by atoms with Crippen molar-refractivity contribution in [3.8, 4) is 0 Å². The first kappa shape index (κ1) is 13.8. The molecular weight excluding hydrogens is 248 g/mol. The summed E-state index contributed by atoms with van der Waals surface area (Å²) >= 11 is 0. The van der Waals surface area contributed by atoms with Crippen LogP contribution in [0.3, 0.4) is 0 Å². The molecule has 1 heterocycles. The molecule has 0 bridgehead atoms. The number of likely N-dealkylation sites (tertiary alicyclic amines) is 1. The topological polar surface area (TPSA) is 77.9 Å². The number of piperidine rings is 1. The van der Waals surface area contributed by atoms with E-state index in [1.54, 1.807) is 4.90 Å². The lowest BCUT2D eigenvalue weighted by molar-refractivity contribution is -0.152. The third-order valence-electron chi connectivity index (χ3n) is 3.75. The zero-order valence-electron chi connectivity index (χ0n) is 11.2. The number of rotatable bonds is 5. The predicted octanol–water partition coefficient (Wildman–Crippen LogP) is 0.463. The first-order valence-electron chi connectivity index (χ1n) is 6.82. The van der Waals surface area contributed by atoms with Crippen LogP contribution >= 0.6 is 0 Å². The fourth-order valence-corrected chi connectivity index (χ4v) is 2.48. The normalized spacial score (nSPS) is 21.1. The molecule has 0 spiro atoms. The average molecular weight is 268 g/mol. The van der Waals surface area contributed by atoms with Gasteiger partial charge in [-0.25, -0.2) is 4.79 Å². The number of aliphatic carboxylic acids is 1. The smallest absolute Gasteiger partial charge is 0.326 e. The second-order valence-corrected chi connectivity index (χ2v) is 5.32. The number of carbonyl (C=O) groups is 3. The maximum Gasteiger partial charge on any atom is 0.326 e. The van der Waals surface area contributed by atoms with Crippen molar-refractivity contribution >= 4 is 17.8 Å². The Kier molecular flexibility index (Phi) is 4.07. The van der Waals surface area contributed by atoms with Crippen LogP contribution in [0, 0.1) is 0 Å². The third-order valence-corrected chi connectivity index (χ3v) is 3.75. The molecule has 106 valence electrons. The van der Waals surface area contributed by atoms with Crippen LogP contribution in [0.5, 0.6) is 0 Å². The van der Waals surface area contributed by atoms with Gasteiger partial charge in [-0.2, -0.15) is 0 Å². The molecule has 1 unspecified atom stereocenters. The van der Waals surface area contributed by atoms with Gasteiger partial charge in [0.25, 0.3) is 0 Å². The second-order valence-electron chi connectivity index (χ2n) is 5.32. The van der Waals surface area contributed by atoms with E-state index < -0.39 is 12.0 Å². The number of carboxylic acids is 1. The molecule has 1 aliphatic carbocycles. The van der Waals surface area contributed by atoms with E-state index in [0.29, 0.717) is 13.0 Å². The van der Waals surface area contributed by atoms with Crippen molar-refractivity contribution in [2.45, 2.75) is 51.1 Å². The molecule has 2 aliphatic rings. The van der Waals surface area contributed by atoms with Gasteiger partial charge in [-0.1, -0.05) is 0 Å². The van der Waals surface area contributed by atoms with Crippen molar-refractivity contribution in [1.82, 2.24) is 9.80 Å². The minimum absolute atomic E-state index is 0.00155. The molecule has 2 amide bonds. The maximum atomic E-state index is 12.3. The summed E-state index contributed by atoms with van der Waals surface area (Å²) in [5.74, 6) is -1.24. The SMILES string of the molecule is CC(C(=O)O)N(C(=O)CN1CCCCC1=O)C1CC1. The van der Waals surface area contributed by atoms with Gasteiger partial charge in [0.1, 0.15) is 6.04 Å². The lowest BCUT2D eigenvalue weighted by atomic mass is 10.1. The molecule has 0 radical (unpaired) electrons. The molecular formula is C13H20N2O4. The summed E-state index contributed by atoms with van der Waals surface area (Å²) in [7, 11) is 0. The largest absolute Gasteiger partial charge is 0.480 e. The zero-order chi connectivity index (χ0) is 14.0. The van der Waals surface area contributed by atoms with Crippen LogP contribution in [0.1, 0.15) is 39.0 Å². The van der Waals surface area contributed by atoms with Crippen LogP contribution in [0.15, 0.2) is 0 Å². The second kappa shape index (κ2) is 5.59. The van der Waals surface area contributed by atoms with E-state index in [1.807, 2.05) is 0 Å². The summed E-state index contributed by atoms with van der Waals surface area (Å²) in [6.07, 6.45) is 4.00. The van der Waals surface area contributed by atoms with E-state index in [1.165, 1.54) is 11.8 Å². The highest BCUT2D eigenvalue weighted by molar-refractivity contribution is 5.88. The lowest BCUT2D eigenvalue weighted by Crippen LogP contribution is -2.50. The molecule has 19 heavy (non-hydrogen) atoms. The van der Waals surface area contributed by atoms with Crippen molar-refractivity contribution in [2.75, 3.05) is 13.1 Å². The van der Waals surface area contributed by atoms with Gasteiger partial charge in [0, 0.05) is 19.0 Å². The molecule has 0 aromatic rings. The van der Waals surface area contributed by atoms with Gasteiger partial charge in [-0.3, -0.25) is 9.59 Å². The van der Waals surface area contributed by atoms with Gasteiger partial charge >= 0.3 is 5.97 Å². The molecule has 1 saturated heterocycles. The molecule has 1 N–H and O–H groups in total. The highest BCUT2D eigenvalue weighted by Crippen LogP contribution is 2.29. The van der Waals surface area contributed by atoms with Crippen LogP contribution in [-0.2, 0) is 14.4 Å². The minimum atomic E-state index is -0.995. The molecule has 0 aromatic heterocycles. The molecule has 1 aliphatic heterocycles. The Morgan fingerprint density at radius 1 is 1.42 bits per heavy atom. The number of carboxylic acid groups (broad SMARTS) is 1. The molecule has 6 heteroatoms. The van der Waals surface area contributed by atoms with Gasteiger partial charge in [-0.05, 0) is 32.6 Å². The first-order chi connectivity index (χ1) is 9.00. The summed E-state index contributed by atoms with van der Waals surface area (Å²) in [5, 5.41) is 9.06. The summed E-state index contributed by atoms with van der Waals surface area (Å²) in [5.41, 5.74) is 0. The first-order valence-corrected chi connectivity index (χ1v) is 6.82. The van der Waals surface area contributed by atoms with Crippen molar-refractivity contribution in [3.05, 3.63) is 0 Å². The number of hydrogen-bond acceptors (Lipinski definition) is 3. The summed E-state index contributed by atoms with van der Waals surface area (Å²) in [6, 6.07) is -0.779. The van der Waals surface area contributed by atoms with Gasteiger partial charge in [0.15, 0.2) is 0 Å². The van der Waals surface area contributed by atoms with Gasteiger partial charge in [-0.15, -0.1) is 0 Å². The van der Waals surface area contributed by atoms with Crippen molar-refractivity contribution in [1.29, 1.82) is 0 Å². The highest BCUT2D eigenvalue weighted by Gasteiger charge is 2.39. The average Bonchev–Trinajstić information content (AvgIpc) is 3.16. The Balaban J connectivity index is 1.99. The third kappa shape index (κ3) is 3.24. The fourth-order valence-electron chi connectivity index (χ4n) is 2.48. The van der Waals surface area contributed by atoms with Gasteiger partial charge in [0.05, 0.1) is 6.54 Å². The molecule has 2 rings (SSSR count). The van der Waals surface area contributed by atoms with Gasteiger partial charge < -0.3 is 14.9 Å². The molecule has 0 aromatic carbocycles. The van der Waals surface area contributed by atoms with Crippen LogP contribution in [-0.4, -0.2) is 57.9 Å². The van der Waals surface area contributed by atoms with Crippen LogP contribution in [0.4, 0.5) is 0 Å². The fraction of sp³-hybridized carbons (Fsp3) is 0.769. The standard InChI is InChI=1S/C13H20N2O4/c1-9(13(18)19)15(10-5-6-10)12(17)8-14-7-3-2-4-11(14)16/h9-10H,2-8H2,1H3,(H,18,19). The zero-order valence-corrected chi connectivity index (χ0v) is 11.2. The van der Waals surface area contributed by atoms with E-state index >= 15 is 0 Å². The highest BCUT2D eigenvalue weighted by atomic mass is 16.4.